The number of ketones is 1. The first-order valence-electron chi connectivity index (χ1n) is 7.37. The summed E-state index contributed by atoms with van der Waals surface area (Å²) in [4.78, 5) is 25.1. The minimum absolute atomic E-state index is 0.0139. The maximum atomic E-state index is 12.6. The van der Waals surface area contributed by atoms with Crippen LogP contribution in [0, 0.1) is 6.92 Å². The predicted molar refractivity (Wildman–Crippen MR) is 91.4 cm³/mol. The van der Waals surface area contributed by atoms with Gasteiger partial charge in [0.1, 0.15) is 5.75 Å². The number of fused-ring (bicyclic) bond motifs is 1. The quantitative estimate of drug-likeness (QED) is 0.687. The van der Waals surface area contributed by atoms with Crippen LogP contribution in [0.5, 0.6) is 5.75 Å². The first-order chi connectivity index (χ1) is 11.0. The van der Waals surface area contributed by atoms with E-state index in [-0.39, 0.29) is 23.5 Å². The van der Waals surface area contributed by atoms with E-state index in [1.54, 1.807) is 18.2 Å². The van der Waals surface area contributed by atoms with Crippen molar-refractivity contribution in [2.24, 2.45) is 0 Å². The monoisotopic (exact) mass is 327 g/mol. The Bertz CT molecular complexity index is 755. The summed E-state index contributed by atoms with van der Waals surface area (Å²) in [5.74, 6) is 0.419. The lowest BCUT2D eigenvalue weighted by molar-refractivity contribution is -0.118. The summed E-state index contributed by atoms with van der Waals surface area (Å²) < 4.78 is 5.31. The van der Waals surface area contributed by atoms with Crippen molar-refractivity contribution in [2.75, 3.05) is 11.9 Å². The molecule has 1 amide bonds. The van der Waals surface area contributed by atoms with Gasteiger partial charge < -0.3 is 10.1 Å². The van der Waals surface area contributed by atoms with Gasteiger partial charge in [-0.05, 0) is 44.2 Å². The summed E-state index contributed by atoms with van der Waals surface area (Å²) in [7, 11) is 0. The molecule has 0 fully saturated rings. The van der Waals surface area contributed by atoms with E-state index in [4.69, 9.17) is 4.74 Å². The number of carbonyl (C=O) groups excluding carboxylic acids is 2. The molecule has 2 aromatic rings. The number of hydrogen-bond acceptors (Lipinski definition) is 4. The van der Waals surface area contributed by atoms with Crippen LogP contribution in [-0.4, -0.2) is 23.5 Å². The number of benzene rings is 2. The Morgan fingerprint density at radius 2 is 1.96 bits per heavy atom. The van der Waals surface area contributed by atoms with Crippen LogP contribution in [0.4, 0.5) is 5.69 Å². The van der Waals surface area contributed by atoms with E-state index in [2.05, 4.69) is 5.32 Å². The van der Waals surface area contributed by atoms with Crippen LogP contribution in [0.1, 0.15) is 22.8 Å². The molecule has 4 nitrogen and oxygen atoms in total. The Morgan fingerprint density at radius 3 is 2.70 bits per heavy atom. The zero-order valence-corrected chi connectivity index (χ0v) is 13.8. The molecule has 3 rings (SSSR count). The van der Waals surface area contributed by atoms with E-state index >= 15 is 0 Å². The molecular weight excluding hydrogens is 310 g/mol. The first-order valence-corrected chi connectivity index (χ1v) is 8.25. The average molecular weight is 327 g/mol. The van der Waals surface area contributed by atoms with Crippen LogP contribution in [0.15, 0.2) is 47.4 Å². The number of anilines is 1. The number of nitrogens with one attached hydrogen (secondary N) is 1. The molecule has 0 aromatic heterocycles. The highest BCUT2D eigenvalue weighted by Gasteiger charge is 2.21. The lowest BCUT2D eigenvalue weighted by Gasteiger charge is -2.19. The second-order valence-corrected chi connectivity index (χ2v) is 6.90. The van der Waals surface area contributed by atoms with Gasteiger partial charge in [-0.1, -0.05) is 17.7 Å². The number of rotatable bonds is 4. The van der Waals surface area contributed by atoms with Crippen molar-refractivity contribution in [3.05, 3.63) is 53.6 Å². The maximum absolute atomic E-state index is 12.6. The molecule has 23 heavy (non-hydrogen) atoms. The van der Waals surface area contributed by atoms with Gasteiger partial charge in [0.05, 0.1) is 10.9 Å². The summed E-state index contributed by atoms with van der Waals surface area (Å²) in [6.45, 7) is 3.94. The summed E-state index contributed by atoms with van der Waals surface area (Å²) in [6, 6.07) is 13.3. The lowest BCUT2D eigenvalue weighted by atomic mass is 10.1. The van der Waals surface area contributed by atoms with Crippen LogP contribution in [-0.2, 0) is 4.79 Å². The molecular formula is C18H17NO3S. The Kier molecular flexibility index (Phi) is 4.39. The van der Waals surface area contributed by atoms with Gasteiger partial charge >= 0.3 is 0 Å². The van der Waals surface area contributed by atoms with Crippen molar-refractivity contribution in [3.8, 4) is 5.75 Å². The summed E-state index contributed by atoms with van der Waals surface area (Å²) >= 11 is 1.53. The second kappa shape index (κ2) is 6.46. The van der Waals surface area contributed by atoms with E-state index in [9.17, 15) is 9.59 Å². The first kappa shape index (κ1) is 15.6. The van der Waals surface area contributed by atoms with Crippen molar-refractivity contribution in [2.45, 2.75) is 24.0 Å². The lowest BCUT2D eigenvalue weighted by Crippen LogP contribution is -2.25. The SMILES string of the molecule is Cc1ccc(S[C@H](C)C(=O)c2ccc3c(c2)NC(=O)CO3)cc1. The minimum Gasteiger partial charge on any atom is -0.482 e. The Labute approximate surface area is 139 Å². The number of amides is 1. The smallest absolute Gasteiger partial charge is 0.262 e. The second-order valence-electron chi connectivity index (χ2n) is 5.49. The average Bonchev–Trinajstić information content (AvgIpc) is 2.55. The van der Waals surface area contributed by atoms with Crippen molar-refractivity contribution in [3.63, 3.8) is 0 Å². The third kappa shape index (κ3) is 3.56. The van der Waals surface area contributed by atoms with Crippen LogP contribution in [0.25, 0.3) is 0 Å². The van der Waals surface area contributed by atoms with Gasteiger partial charge in [-0.2, -0.15) is 0 Å². The summed E-state index contributed by atoms with van der Waals surface area (Å²) in [5, 5.41) is 2.51. The fourth-order valence-electron chi connectivity index (χ4n) is 2.35. The number of thioether (sulfide) groups is 1. The highest BCUT2D eigenvalue weighted by Crippen LogP contribution is 2.31. The van der Waals surface area contributed by atoms with Gasteiger partial charge in [-0.15, -0.1) is 11.8 Å². The molecule has 1 aliphatic rings. The van der Waals surface area contributed by atoms with Crippen LogP contribution >= 0.6 is 11.8 Å². The highest BCUT2D eigenvalue weighted by atomic mass is 32.2. The van der Waals surface area contributed by atoms with E-state index in [0.717, 1.165) is 4.90 Å². The standard InChI is InChI=1S/C18H17NO3S/c1-11-3-6-14(7-4-11)23-12(2)18(21)13-5-8-16-15(9-13)19-17(20)10-22-16/h3-9,12H,10H2,1-2H3,(H,19,20)/t12-/m1/s1. The van der Waals surface area contributed by atoms with Crippen LogP contribution < -0.4 is 10.1 Å². The van der Waals surface area contributed by atoms with Gasteiger partial charge in [0, 0.05) is 10.5 Å². The van der Waals surface area contributed by atoms with Crippen molar-refractivity contribution < 1.29 is 14.3 Å². The number of hydrogen-bond donors (Lipinski definition) is 1. The zero-order valence-electron chi connectivity index (χ0n) is 13.0. The third-order valence-electron chi connectivity index (χ3n) is 3.60. The molecule has 5 heteroatoms. The van der Waals surface area contributed by atoms with Gasteiger partial charge in [-0.3, -0.25) is 9.59 Å². The molecule has 0 radical (unpaired) electrons. The van der Waals surface area contributed by atoms with Crippen molar-refractivity contribution in [1.29, 1.82) is 0 Å². The van der Waals surface area contributed by atoms with E-state index < -0.39 is 0 Å². The van der Waals surface area contributed by atoms with E-state index in [1.165, 1.54) is 17.3 Å². The molecule has 1 atom stereocenters. The van der Waals surface area contributed by atoms with Gasteiger partial charge in [-0.25, -0.2) is 0 Å². The molecule has 0 saturated carbocycles. The van der Waals surface area contributed by atoms with Crippen LogP contribution in [0.3, 0.4) is 0 Å². The van der Waals surface area contributed by atoms with Crippen molar-refractivity contribution >= 4 is 29.1 Å². The molecule has 118 valence electrons. The molecule has 0 spiro atoms. The predicted octanol–water partition coefficient (Wildman–Crippen LogP) is 3.69. The fourth-order valence-corrected chi connectivity index (χ4v) is 3.29. The van der Waals surface area contributed by atoms with E-state index in [0.29, 0.717) is 17.0 Å². The molecule has 1 heterocycles. The Morgan fingerprint density at radius 1 is 1.22 bits per heavy atom. The molecule has 1 N–H and O–H groups in total. The molecule has 1 aliphatic heterocycles. The largest absolute Gasteiger partial charge is 0.482 e. The molecule has 0 unspecified atom stereocenters. The minimum atomic E-state index is -0.212. The van der Waals surface area contributed by atoms with Gasteiger partial charge in [0.2, 0.25) is 0 Å². The Hall–Kier alpha value is -2.27. The number of carbonyl (C=O) groups is 2. The molecule has 2 aromatic carbocycles. The maximum Gasteiger partial charge on any atom is 0.262 e. The number of aryl methyl sites for hydroxylation is 1. The fraction of sp³-hybridized carbons (Fsp3) is 0.222. The number of Topliss-reactive ketones (excluding diaryl/α,β-unsaturated/α-hetero) is 1. The van der Waals surface area contributed by atoms with Gasteiger partial charge in [0.15, 0.2) is 12.4 Å². The zero-order chi connectivity index (χ0) is 16.4. The molecule has 0 saturated heterocycles. The Balaban J connectivity index is 1.75. The molecule has 0 bridgehead atoms. The van der Waals surface area contributed by atoms with Gasteiger partial charge in [0.25, 0.3) is 5.91 Å². The normalized spacial score (nSPS) is 14.4. The third-order valence-corrected chi connectivity index (χ3v) is 4.71. The highest BCUT2D eigenvalue weighted by molar-refractivity contribution is 8.00. The van der Waals surface area contributed by atoms with Crippen molar-refractivity contribution in [1.82, 2.24) is 0 Å². The number of ether oxygens (including phenoxy) is 1. The van der Waals surface area contributed by atoms with E-state index in [1.807, 2.05) is 38.1 Å². The topological polar surface area (TPSA) is 55.4 Å². The summed E-state index contributed by atoms with van der Waals surface area (Å²) in [5.41, 5.74) is 2.32. The summed E-state index contributed by atoms with van der Waals surface area (Å²) in [6.07, 6.45) is 0. The molecule has 0 aliphatic carbocycles. The van der Waals surface area contributed by atoms with Crippen LogP contribution in [0.2, 0.25) is 0 Å².